The molecule has 1 aromatic heterocycles. The molecule has 0 aliphatic rings. The molecule has 11 nitrogen and oxygen atoms in total. The predicted molar refractivity (Wildman–Crippen MR) is 152 cm³/mol. The van der Waals surface area contributed by atoms with Crippen molar-refractivity contribution in [1.82, 2.24) is 10.4 Å². The van der Waals surface area contributed by atoms with Gasteiger partial charge < -0.3 is 25.6 Å². The summed E-state index contributed by atoms with van der Waals surface area (Å²) in [5.41, 5.74) is 12.9. The van der Waals surface area contributed by atoms with Crippen LogP contribution in [0.15, 0.2) is 60.7 Å². The molecule has 0 fully saturated rings. The van der Waals surface area contributed by atoms with Crippen LogP contribution < -0.4 is 31.4 Å². The van der Waals surface area contributed by atoms with Gasteiger partial charge in [0.15, 0.2) is 11.5 Å². The smallest absolute Gasteiger partial charge is 0.490 e. The quantitative estimate of drug-likeness (QED) is 0.0744. The topological polar surface area (TPSA) is 172 Å². The molecule has 0 bridgehead atoms. The Hall–Kier alpha value is -4.72. The number of carboxylic acid groups (broad SMARTS) is 1. The number of aliphatic carboxylic acids is 1. The summed E-state index contributed by atoms with van der Waals surface area (Å²) in [6, 6.07) is 16.5. The van der Waals surface area contributed by atoms with Crippen LogP contribution in [0.4, 0.5) is 24.7 Å². The Morgan fingerprint density at radius 2 is 1.74 bits per heavy atom. The summed E-state index contributed by atoms with van der Waals surface area (Å²) in [7, 11) is 0. The second-order valence-electron chi connectivity index (χ2n) is 8.64. The molecule has 1 unspecified atom stereocenters. The minimum atomic E-state index is -5.08. The first kappa shape index (κ1) is 33.5. The number of hydrogen-bond donors (Lipinski definition) is 6. The molecule has 0 aliphatic carbocycles. The fraction of sp³-hybridized carbons (Fsp3) is 0.259. The standard InChI is InChI=1S/C25H29ClN6O3.C2HF3O2/c1-4-34-20-14-17(10-13-19(20)35-15(2)3)23(29-18-11-8-16(9-12-18)24(27)28)25(33)32-31-22-7-5-6-21(26)30-22;3-2(4,5)1(6)7/h5-15,23,29H,4H2,1-3H3,(H3,27,28)(H,30,31)(H,32,33);(H,6,7). The zero-order valence-corrected chi connectivity index (χ0v) is 23.5. The number of nitrogens with two attached hydrogens (primary N) is 1. The molecule has 3 rings (SSSR count). The number of carboxylic acids is 1. The summed E-state index contributed by atoms with van der Waals surface area (Å²) in [4.78, 5) is 26.3. The van der Waals surface area contributed by atoms with Crippen LogP contribution >= 0.6 is 11.6 Å². The zero-order chi connectivity index (χ0) is 31.4. The number of pyridine rings is 1. The van der Waals surface area contributed by atoms with Gasteiger partial charge in [-0.15, -0.1) is 0 Å². The molecule has 0 saturated carbocycles. The largest absolute Gasteiger partial charge is 0.490 e. The Bertz CT molecular complexity index is 1370. The number of carbonyl (C=O) groups excluding carboxylic acids is 1. The normalized spacial score (nSPS) is 11.4. The summed E-state index contributed by atoms with van der Waals surface area (Å²) in [6.45, 7) is 6.19. The number of amides is 1. The van der Waals surface area contributed by atoms with Crippen molar-refractivity contribution >= 4 is 40.8 Å². The number of nitrogens with one attached hydrogen (secondary N) is 4. The lowest BCUT2D eigenvalue weighted by Gasteiger charge is -2.22. The van der Waals surface area contributed by atoms with E-state index in [1.54, 1.807) is 60.7 Å². The highest BCUT2D eigenvalue weighted by atomic mass is 35.5. The van der Waals surface area contributed by atoms with Crippen LogP contribution in [0.5, 0.6) is 11.5 Å². The SMILES string of the molecule is CCOc1cc(C(Nc2ccc(C(=N)N)cc2)C(=O)NNc2cccc(Cl)n2)ccc1OC(C)C.O=C(O)C(F)(F)F. The fourth-order valence-electron chi connectivity index (χ4n) is 3.21. The number of amidine groups is 1. The van der Waals surface area contributed by atoms with E-state index < -0.39 is 18.2 Å². The van der Waals surface area contributed by atoms with Crippen molar-refractivity contribution in [2.24, 2.45) is 5.73 Å². The van der Waals surface area contributed by atoms with Gasteiger partial charge in [0.05, 0.1) is 12.7 Å². The molecule has 2 aromatic carbocycles. The van der Waals surface area contributed by atoms with E-state index in [2.05, 4.69) is 21.2 Å². The molecular formula is C27H30ClF3N6O5. The van der Waals surface area contributed by atoms with Crippen molar-refractivity contribution in [1.29, 1.82) is 5.41 Å². The number of aromatic nitrogens is 1. The maximum atomic E-state index is 13.3. The second-order valence-corrected chi connectivity index (χ2v) is 9.02. The minimum absolute atomic E-state index is 0.0357. The highest BCUT2D eigenvalue weighted by molar-refractivity contribution is 6.29. The summed E-state index contributed by atoms with van der Waals surface area (Å²) >= 11 is 5.93. The van der Waals surface area contributed by atoms with Crippen LogP contribution in [0.25, 0.3) is 0 Å². The number of anilines is 2. The number of nitrogens with zero attached hydrogens (tertiary/aromatic N) is 1. The maximum absolute atomic E-state index is 13.3. The van der Waals surface area contributed by atoms with E-state index in [4.69, 9.17) is 42.1 Å². The molecule has 1 heterocycles. The third kappa shape index (κ3) is 10.7. The van der Waals surface area contributed by atoms with Gasteiger partial charge in [0.25, 0.3) is 5.91 Å². The van der Waals surface area contributed by atoms with Gasteiger partial charge >= 0.3 is 12.1 Å². The van der Waals surface area contributed by atoms with Crippen molar-refractivity contribution < 1.29 is 37.3 Å². The lowest BCUT2D eigenvalue weighted by molar-refractivity contribution is -0.192. The number of carbonyl (C=O) groups is 2. The van der Waals surface area contributed by atoms with Crippen LogP contribution in [-0.2, 0) is 9.59 Å². The summed E-state index contributed by atoms with van der Waals surface area (Å²) in [5.74, 6) is -1.64. The van der Waals surface area contributed by atoms with Gasteiger partial charge in [0.1, 0.15) is 22.8 Å². The first-order valence-corrected chi connectivity index (χ1v) is 12.7. The van der Waals surface area contributed by atoms with Crippen LogP contribution in [0.1, 0.15) is 37.9 Å². The molecule has 226 valence electrons. The first-order valence-electron chi connectivity index (χ1n) is 12.3. The minimum Gasteiger partial charge on any atom is -0.490 e. The summed E-state index contributed by atoms with van der Waals surface area (Å²) in [6.07, 6.45) is -5.12. The van der Waals surface area contributed by atoms with Crippen LogP contribution in [0, 0.1) is 5.41 Å². The van der Waals surface area contributed by atoms with Crippen molar-refractivity contribution in [3.8, 4) is 11.5 Å². The Balaban J connectivity index is 0.000000782. The van der Waals surface area contributed by atoms with Gasteiger partial charge in [0, 0.05) is 11.3 Å². The highest BCUT2D eigenvalue weighted by Gasteiger charge is 2.38. The zero-order valence-electron chi connectivity index (χ0n) is 22.8. The van der Waals surface area contributed by atoms with Crippen LogP contribution in [0.2, 0.25) is 5.15 Å². The number of hydrogen-bond acceptors (Lipinski definition) is 8. The lowest BCUT2D eigenvalue weighted by atomic mass is 10.0. The van der Waals surface area contributed by atoms with Crippen molar-refractivity contribution in [3.63, 3.8) is 0 Å². The predicted octanol–water partition coefficient (Wildman–Crippen LogP) is 5.13. The van der Waals surface area contributed by atoms with Gasteiger partial charge in [-0.3, -0.25) is 21.1 Å². The van der Waals surface area contributed by atoms with Gasteiger partial charge in [-0.2, -0.15) is 13.2 Å². The number of benzene rings is 2. The molecule has 0 aliphatic heterocycles. The molecule has 7 N–H and O–H groups in total. The molecule has 0 spiro atoms. The Morgan fingerprint density at radius 3 is 2.26 bits per heavy atom. The molecule has 42 heavy (non-hydrogen) atoms. The number of hydrazine groups is 1. The summed E-state index contributed by atoms with van der Waals surface area (Å²) in [5, 5.41) is 18.2. The molecule has 15 heteroatoms. The van der Waals surface area contributed by atoms with Gasteiger partial charge in [-0.1, -0.05) is 23.7 Å². The summed E-state index contributed by atoms with van der Waals surface area (Å²) < 4.78 is 43.4. The van der Waals surface area contributed by atoms with E-state index in [1.807, 2.05) is 20.8 Å². The number of halogens is 4. The van der Waals surface area contributed by atoms with Crippen molar-refractivity contribution in [3.05, 3.63) is 76.9 Å². The monoisotopic (exact) mass is 610 g/mol. The maximum Gasteiger partial charge on any atom is 0.490 e. The van der Waals surface area contributed by atoms with Crippen molar-refractivity contribution in [2.45, 2.75) is 39.1 Å². The third-order valence-electron chi connectivity index (χ3n) is 5.00. The van der Waals surface area contributed by atoms with E-state index in [-0.39, 0.29) is 17.8 Å². The molecule has 3 aromatic rings. The highest BCUT2D eigenvalue weighted by Crippen LogP contribution is 2.33. The first-order chi connectivity index (χ1) is 19.7. The molecule has 0 radical (unpaired) electrons. The number of rotatable bonds is 11. The van der Waals surface area contributed by atoms with E-state index in [9.17, 15) is 18.0 Å². The van der Waals surface area contributed by atoms with Crippen molar-refractivity contribution in [2.75, 3.05) is 17.3 Å². The van der Waals surface area contributed by atoms with Crippen LogP contribution in [-0.4, -0.2) is 46.7 Å². The Kier molecular flexibility index (Phi) is 12.2. The Labute approximate surface area is 244 Å². The lowest BCUT2D eigenvalue weighted by Crippen LogP contribution is -2.37. The van der Waals surface area contributed by atoms with E-state index in [0.717, 1.165) is 0 Å². The number of alkyl halides is 3. The van der Waals surface area contributed by atoms with E-state index >= 15 is 0 Å². The van der Waals surface area contributed by atoms with E-state index in [0.29, 0.717) is 45.9 Å². The number of nitrogen functional groups attached to an aromatic ring is 1. The molecule has 1 amide bonds. The fourth-order valence-corrected chi connectivity index (χ4v) is 3.38. The van der Waals surface area contributed by atoms with Gasteiger partial charge in [0.2, 0.25) is 0 Å². The molecule has 0 saturated heterocycles. The molecule has 1 atom stereocenters. The van der Waals surface area contributed by atoms with Gasteiger partial charge in [-0.05, 0) is 74.9 Å². The average molecular weight is 611 g/mol. The van der Waals surface area contributed by atoms with E-state index in [1.165, 1.54) is 0 Å². The van der Waals surface area contributed by atoms with Gasteiger partial charge in [-0.25, -0.2) is 9.78 Å². The average Bonchev–Trinajstić information content (AvgIpc) is 2.91. The second kappa shape index (κ2) is 15.3. The molecular weight excluding hydrogens is 581 g/mol. The third-order valence-corrected chi connectivity index (χ3v) is 5.21. The van der Waals surface area contributed by atoms with Crippen LogP contribution in [0.3, 0.4) is 0 Å². The number of ether oxygens (including phenoxy) is 2. The Morgan fingerprint density at radius 1 is 1.10 bits per heavy atom.